The summed E-state index contributed by atoms with van der Waals surface area (Å²) in [5.41, 5.74) is -0.974. The number of carbonyl (C=O) groups is 2. The van der Waals surface area contributed by atoms with Crippen LogP contribution in [-0.4, -0.2) is 24.4 Å². The van der Waals surface area contributed by atoms with Gasteiger partial charge in [0.1, 0.15) is 5.41 Å². The molecule has 0 saturated heterocycles. The highest BCUT2D eigenvalue weighted by Gasteiger charge is 2.36. The van der Waals surface area contributed by atoms with Crippen LogP contribution in [0.15, 0.2) is 0 Å². The molecule has 2 N–H and O–H groups in total. The Labute approximate surface area is 104 Å². The average molecular weight is 240 g/mol. The Hall–Kier alpha value is -1.06. The summed E-state index contributed by atoms with van der Waals surface area (Å²) in [6.07, 6.45) is 5.31. The monoisotopic (exact) mass is 240 g/mol. The number of hydrogen-bond acceptors (Lipinski definition) is 2. The molecule has 0 heterocycles. The third kappa shape index (κ3) is 3.72. The van der Waals surface area contributed by atoms with E-state index in [-0.39, 0.29) is 17.9 Å². The second-order valence-corrected chi connectivity index (χ2v) is 5.34. The lowest BCUT2D eigenvalue weighted by Crippen LogP contribution is -2.50. The van der Waals surface area contributed by atoms with E-state index in [0.717, 1.165) is 19.3 Å². The quantitative estimate of drug-likeness (QED) is 0.717. The van der Waals surface area contributed by atoms with Crippen molar-refractivity contribution >= 4 is 11.8 Å². The standard InChI is InChI=1S/C13H24N2O2/c1-4-9-14-11(16)13(2,3)12(17)15-10-7-5-6-8-10/h10H,4-9H2,1-3H3,(H,14,16)(H,15,17). The molecular weight excluding hydrogens is 216 g/mol. The Bertz CT molecular complexity index is 281. The molecule has 1 fully saturated rings. The van der Waals surface area contributed by atoms with Gasteiger partial charge in [-0.2, -0.15) is 0 Å². The first-order chi connectivity index (χ1) is 7.98. The molecule has 98 valence electrons. The summed E-state index contributed by atoms with van der Waals surface area (Å²) in [7, 11) is 0. The van der Waals surface area contributed by atoms with Gasteiger partial charge in [0.2, 0.25) is 11.8 Å². The molecule has 0 unspecified atom stereocenters. The van der Waals surface area contributed by atoms with Crippen molar-refractivity contribution in [1.82, 2.24) is 10.6 Å². The third-order valence-electron chi connectivity index (χ3n) is 3.36. The second-order valence-electron chi connectivity index (χ2n) is 5.34. The molecule has 2 amide bonds. The van der Waals surface area contributed by atoms with Gasteiger partial charge in [-0.25, -0.2) is 0 Å². The maximum atomic E-state index is 12.1. The number of amides is 2. The van der Waals surface area contributed by atoms with Gasteiger partial charge in [0.15, 0.2) is 0 Å². The third-order valence-corrected chi connectivity index (χ3v) is 3.36. The smallest absolute Gasteiger partial charge is 0.235 e. The number of nitrogens with one attached hydrogen (secondary N) is 2. The van der Waals surface area contributed by atoms with Gasteiger partial charge in [-0.1, -0.05) is 19.8 Å². The number of hydrogen-bond donors (Lipinski definition) is 2. The van der Waals surface area contributed by atoms with Gasteiger partial charge in [0.25, 0.3) is 0 Å². The van der Waals surface area contributed by atoms with E-state index < -0.39 is 5.41 Å². The summed E-state index contributed by atoms with van der Waals surface area (Å²) in [5.74, 6) is -0.340. The minimum atomic E-state index is -0.974. The normalized spacial score (nSPS) is 16.9. The summed E-state index contributed by atoms with van der Waals surface area (Å²) in [6, 6.07) is 0.265. The zero-order chi connectivity index (χ0) is 12.9. The van der Waals surface area contributed by atoms with Crippen molar-refractivity contribution in [2.75, 3.05) is 6.54 Å². The molecule has 1 aliphatic rings. The van der Waals surface area contributed by atoms with Crippen LogP contribution in [0.2, 0.25) is 0 Å². The van der Waals surface area contributed by atoms with Crippen molar-refractivity contribution in [2.45, 2.75) is 58.9 Å². The van der Waals surface area contributed by atoms with Crippen LogP contribution in [-0.2, 0) is 9.59 Å². The topological polar surface area (TPSA) is 58.2 Å². The first kappa shape index (κ1) is 14.0. The summed E-state index contributed by atoms with van der Waals surface area (Å²) < 4.78 is 0. The van der Waals surface area contributed by atoms with Gasteiger partial charge in [-0.3, -0.25) is 9.59 Å². The first-order valence-corrected chi connectivity index (χ1v) is 6.57. The Kier molecular flexibility index (Phi) is 4.97. The van der Waals surface area contributed by atoms with Crippen LogP contribution < -0.4 is 10.6 Å². The van der Waals surface area contributed by atoms with Crippen LogP contribution in [0.25, 0.3) is 0 Å². The SMILES string of the molecule is CCCNC(=O)C(C)(C)C(=O)NC1CCCC1. The molecular formula is C13H24N2O2. The maximum Gasteiger partial charge on any atom is 0.235 e. The van der Waals surface area contributed by atoms with Gasteiger partial charge in [0, 0.05) is 12.6 Å². The molecule has 1 rings (SSSR count). The van der Waals surface area contributed by atoms with Crippen molar-refractivity contribution in [3.05, 3.63) is 0 Å². The van der Waals surface area contributed by atoms with E-state index in [1.165, 1.54) is 12.8 Å². The van der Waals surface area contributed by atoms with Gasteiger partial charge < -0.3 is 10.6 Å². The van der Waals surface area contributed by atoms with Crippen LogP contribution >= 0.6 is 0 Å². The van der Waals surface area contributed by atoms with E-state index in [1.54, 1.807) is 13.8 Å². The largest absolute Gasteiger partial charge is 0.355 e. The number of rotatable bonds is 5. The minimum absolute atomic E-state index is 0.155. The second kappa shape index (κ2) is 6.03. The fraction of sp³-hybridized carbons (Fsp3) is 0.846. The summed E-state index contributed by atoms with van der Waals surface area (Å²) in [5, 5.41) is 5.76. The molecule has 0 radical (unpaired) electrons. The lowest BCUT2D eigenvalue weighted by Gasteiger charge is -2.24. The van der Waals surface area contributed by atoms with Crippen LogP contribution in [0, 0.1) is 5.41 Å². The van der Waals surface area contributed by atoms with Crippen LogP contribution in [0.5, 0.6) is 0 Å². The van der Waals surface area contributed by atoms with E-state index in [0.29, 0.717) is 6.54 Å². The molecule has 0 aromatic heterocycles. The first-order valence-electron chi connectivity index (χ1n) is 6.57. The highest BCUT2D eigenvalue weighted by atomic mass is 16.2. The van der Waals surface area contributed by atoms with Crippen molar-refractivity contribution in [3.8, 4) is 0 Å². The molecule has 4 nitrogen and oxygen atoms in total. The van der Waals surface area contributed by atoms with Gasteiger partial charge in [0.05, 0.1) is 0 Å². The zero-order valence-electron chi connectivity index (χ0n) is 11.1. The maximum absolute atomic E-state index is 12.1. The fourth-order valence-electron chi connectivity index (χ4n) is 2.00. The number of carbonyl (C=O) groups excluding carboxylic acids is 2. The van der Waals surface area contributed by atoms with Crippen LogP contribution in [0.3, 0.4) is 0 Å². The van der Waals surface area contributed by atoms with E-state index in [9.17, 15) is 9.59 Å². The molecule has 0 bridgehead atoms. The molecule has 1 saturated carbocycles. The van der Waals surface area contributed by atoms with E-state index >= 15 is 0 Å². The summed E-state index contributed by atoms with van der Waals surface area (Å²) >= 11 is 0. The van der Waals surface area contributed by atoms with E-state index in [4.69, 9.17) is 0 Å². The lowest BCUT2D eigenvalue weighted by molar-refractivity contribution is -0.141. The van der Waals surface area contributed by atoms with Crippen LogP contribution in [0.1, 0.15) is 52.9 Å². The Morgan fingerprint density at radius 3 is 2.29 bits per heavy atom. The van der Waals surface area contributed by atoms with Crippen molar-refractivity contribution in [2.24, 2.45) is 5.41 Å². The molecule has 0 atom stereocenters. The lowest BCUT2D eigenvalue weighted by atomic mass is 9.90. The molecule has 0 aromatic rings. The summed E-state index contributed by atoms with van der Waals surface area (Å²) in [6.45, 7) is 5.98. The van der Waals surface area contributed by atoms with Gasteiger partial charge in [-0.15, -0.1) is 0 Å². The van der Waals surface area contributed by atoms with Crippen molar-refractivity contribution in [3.63, 3.8) is 0 Å². The van der Waals surface area contributed by atoms with Gasteiger partial charge >= 0.3 is 0 Å². The molecule has 1 aliphatic carbocycles. The fourth-order valence-corrected chi connectivity index (χ4v) is 2.00. The van der Waals surface area contributed by atoms with Gasteiger partial charge in [-0.05, 0) is 33.1 Å². The highest BCUT2D eigenvalue weighted by Crippen LogP contribution is 2.21. The Morgan fingerprint density at radius 2 is 1.76 bits per heavy atom. The summed E-state index contributed by atoms with van der Waals surface area (Å²) in [4.78, 5) is 23.9. The molecule has 4 heteroatoms. The molecule has 0 spiro atoms. The highest BCUT2D eigenvalue weighted by molar-refractivity contribution is 6.04. The predicted molar refractivity (Wildman–Crippen MR) is 67.5 cm³/mol. The van der Waals surface area contributed by atoms with E-state index in [2.05, 4.69) is 10.6 Å². The Balaban J connectivity index is 2.49. The predicted octanol–water partition coefficient (Wildman–Crippen LogP) is 1.60. The average Bonchev–Trinajstić information content (AvgIpc) is 2.78. The Morgan fingerprint density at radius 1 is 1.18 bits per heavy atom. The van der Waals surface area contributed by atoms with Crippen molar-refractivity contribution in [1.29, 1.82) is 0 Å². The van der Waals surface area contributed by atoms with Crippen LogP contribution in [0.4, 0.5) is 0 Å². The molecule has 0 aromatic carbocycles. The zero-order valence-corrected chi connectivity index (χ0v) is 11.1. The molecule has 17 heavy (non-hydrogen) atoms. The van der Waals surface area contributed by atoms with Crippen molar-refractivity contribution < 1.29 is 9.59 Å². The molecule has 0 aliphatic heterocycles. The minimum Gasteiger partial charge on any atom is -0.355 e. The van der Waals surface area contributed by atoms with E-state index in [1.807, 2.05) is 6.92 Å².